The highest BCUT2D eigenvalue weighted by Crippen LogP contribution is 2.48. The van der Waals surface area contributed by atoms with Crippen molar-refractivity contribution in [2.45, 2.75) is 82.9 Å². The molecule has 2 saturated carbocycles. The lowest BCUT2D eigenvalue weighted by atomic mass is 9.89. The van der Waals surface area contributed by atoms with E-state index < -0.39 is 29.2 Å². The molecule has 8 heteroatoms. The van der Waals surface area contributed by atoms with Crippen molar-refractivity contribution < 1.29 is 29.0 Å². The fourth-order valence-corrected chi connectivity index (χ4v) is 5.94. The third-order valence-electron chi connectivity index (χ3n) is 8.21. The molecule has 208 valence electrons. The predicted molar refractivity (Wildman–Crippen MR) is 146 cm³/mol. The highest BCUT2D eigenvalue weighted by atomic mass is 16.6. The summed E-state index contributed by atoms with van der Waals surface area (Å²) in [6, 6.07) is 16.2. The zero-order valence-corrected chi connectivity index (χ0v) is 22.9. The number of hydrogen-bond acceptors (Lipinski definition) is 5. The van der Waals surface area contributed by atoms with Crippen LogP contribution >= 0.6 is 0 Å². The van der Waals surface area contributed by atoms with Gasteiger partial charge in [-0.05, 0) is 81.5 Å². The summed E-state index contributed by atoms with van der Waals surface area (Å²) >= 11 is 0. The molecule has 2 N–H and O–H groups in total. The smallest absolute Gasteiger partial charge is 0.410 e. The van der Waals surface area contributed by atoms with Crippen LogP contribution in [0.5, 0.6) is 0 Å². The van der Waals surface area contributed by atoms with Crippen LogP contribution < -0.4 is 5.32 Å². The van der Waals surface area contributed by atoms with Crippen molar-refractivity contribution >= 4 is 18.2 Å². The van der Waals surface area contributed by atoms with Gasteiger partial charge in [0.1, 0.15) is 12.2 Å². The standard InChI is InChI=1S/C31H38N2O6/c1-30(2,3)39-28(36)32-20-12-14-21(15-13-20)33(19-31(16-17-31)27(34)35)29(37)38-18-26-24-10-6-4-8-22(24)23-9-5-7-11-25(23)26/h4-11,20-21,26H,12-19H2,1-3H3,(H,32,36)(H,34,35). The normalized spacial score (nSPS) is 21.3. The number of hydrogen-bond donors (Lipinski definition) is 2. The number of amides is 2. The molecule has 2 aromatic carbocycles. The Balaban J connectivity index is 1.26. The van der Waals surface area contributed by atoms with E-state index >= 15 is 0 Å². The first-order valence-electron chi connectivity index (χ1n) is 13.9. The molecule has 0 aromatic heterocycles. The van der Waals surface area contributed by atoms with E-state index in [4.69, 9.17) is 9.47 Å². The molecule has 2 fully saturated rings. The molecule has 5 rings (SSSR count). The number of carbonyl (C=O) groups is 3. The number of rotatable bonds is 7. The van der Waals surface area contributed by atoms with Crippen molar-refractivity contribution in [3.8, 4) is 11.1 Å². The number of alkyl carbamates (subject to hydrolysis) is 1. The lowest BCUT2D eigenvalue weighted by Crippen LogP contribution is -2.49. The van der Waals surface area contributed by atoms with Gasteiger partial charge in [-0.3, -0.25) is 4.79 Å². The minimum Gasteiger partial charge on any atom is -0.481 e. The number of carboxylic acids is 1. The zero-order valence-electron chi connectivity index (χ0n) is 22.9. The van der Waals surface area contributed by atoms with Crippen molar-refractivity contribution in [3.63, 3.8) is 0 Å². The Morgan fingerprint density at radius 3 is 2.03 bits per heavy atom. The minimum absolute atomic E-state index is 0.0465. The largest absolute Gasteiger partial charge is 0.481 e. The summed E-state index contributed by atoms with van der Waals surface area (Å²) in [7, 11) is 0. The van der Waals surface area contributed by atoms with Gasteiger partial charge in [-0.1, -0.05) is 48.5 Å². The van der Waals surface area contributed by atoms with Crippen molar-refractivity contribution in [2.75, 3.05) is 13.2 Å². The summed E-state index contributed by atoms with van der Waals surface area (Å²) < 4.78 is 11.3. The number of nitrogens with zero attached hydrogens (tertiary/aromatic N) is 1. The van der Waals surface area contributed by atoms with E-state index in [2.05, 4.69) is 29.6 Å². The molecule has 3 aliphatic carbocycles. The van der Waals surface area contributed by atoms with Crippen LogP contribution in [0.15, 0.2) is 48.5 Å². The number of ether oxygens (including phenoxy) is 2. The van der Waals surface area contributed by atoms with E-state index in [1.165, 1.54) is 0 Å². The molecular weight excluding hydrogens is 496 g/mol. The van der Waals surface area contributed by atoms with E-state index in [1.54, 1.807) is 4.90 Å². The second-order valence-corrected chi connectivity index (χ2v) is 12.2. The molecule has 2 amide bonds. The SMILES string of the molecule is CC(C)(C)OC(=O)NC1CCC(N(CC2(C(=O)O)CC2)C(=O)OCC2c3ccccc3-c3ccccc32)CC1. The average molecular weight is 535 g/mol. The van der Waals surface area contributed by atoms with Crippen LogP contribution in [0.1, 0.15) is 76.3 Å². The van der Waals surface area contributed by atoms with Gasteiger partial charge in [0.05, 0.1) is 5.41 Å². The predicted octanol–water partition coefficient (Wildman–Crippen LogP) is 5.94. The number of aliphatic carboxylic acids is 1. The first-order chi connectivity index (χ1) is 18.6. The van der Waals surface area contributed by atoms with Gasteiger partial charge >= 0.3 is 18.2 Å². The van der Waals surface area contributed by atoms with E-state index in [1.807, 2.05) is 45.0 Å². The summed E-state index contributed by atoms with van der Waals surface area (Å²) in [6.07, 6.45) is 2.88. The Kier molecular flexibility index (Phi) is 7.31. The maximum absolute atomic E-state index is 13.6. The molecule has 0 radical (unpaired) electrons. The van der Waals surface area contributed by atoms with Crippen LogP contribution in [-0.4, -0.2) is 59.0 Å². The molecular formula is C31H38N2O6. The number of carbonyl (C=O) groups excluding carboxylic acids is 2. The second kappa shape index (κ2) is 10.5. The van der Waals surface area contributed by atoms with Crippen LogP contribution in [0.25, 0.3) is 11.1 Å². The van der Waals surface area contributed by atoms with Crippen LogP contribution in [-0.2, 0) is 14.3 Å². The Bertz CT molecular complexity index is 1190. The maximum Gasteiger partial charge on any atom is 0.410 e. The third-order valence-corrected chi connectivity index (χ3v) is 8.21. The summed E-state index contributed by atoms with van der Waals surface area (Å²) in [6.45, 7) is 5.82. The van der Waals surface area contributed by atoms with Gasteiger partial charge in [-0.25, -0.2) is 9.59 Å². The molecule has 0 heterocycles. The van der Waals surface area contributed by atoms with Gasteiger partial charge in [-0.15, -0.1) is 0 Å². The fourth-order valence-electron chi connectivity index (χ4n) is 5.94. The quantitative estimate of drug-likeness (QED) is 0.456. The second-order valence-electron chi connectivity index (χ2n) is 12.2. The molecule has 2 aromatic rings. The van der Waals surface area contributed by atoms with Crippen molar-refractivity contribution in [1.29, 1.82) is 0 Å². The molecule has 0 unspecified atom stereocenters. The van der Waals surface area contributed by atoms with Crippen molar-refractivity contribution in [3.05, 3.63) is 59.7 Å². The van der Waals surface area contributed by atoms with Crippen LogP contribution in [0.4, 0.5) is 9.59 Å². The van der Waals surface area contributed by atoms with Gasteiger partial charge in [0.25, 0.3) is 0 Å². The lowest BCUT2D eigenvalue weighted by molar-refractivity contribution is -0.144. The Morgan fingerprint density at radius 2 is 1.51 bits per heavy atom. The zero-order chi connectivity index (χ0) is 27.8. The van der Waals surface area contributed by atoms with E-state index in [-0.39, 0.29) is 31.2 Å². The Labute approximate surface area is 229 Å². The van der Waals surface area contributed by atoms with Crippen LogP contribution in [0, 0.1) is 5.41 Å². The highest BCUT2D eigenvalue weighted by molar-refractivity contribution is 5.80. The van der Waals surface area contributed by atoms with Gasteiger partial charge in [0.2, 0.25) is 0 Å². The number of fused-ring (bicyclic) bond motifs is 3. The summed E-state index contributed by atoms with van der Waals surface area (Å²) in [5, 5.41) is 12.8. The highest BCUT2D eigenvalue weighted by Gasteiger charge is 2.53. The van der Waals surface area contributed by atoms with Crippen molar-refractivity contribution in [2.24, 2.45) is 5.41 Å². The Hall–Kier alpha value is -3.55. The summed E-state index contributed by atoms with van der Waals surface area (Å²) in [5.74, 6) is -0.925. The Morgan fingerprint density at radius 1 is 0.949 bits per heavy atom. The van der Waals surface area contributed by atoms with Crippen molar-refractivity contribution in [1.82, 2.24) is 10.2 Å². The monoisotopic (exact) mass is 534 g/mol. The first-order valence-corrected chi connectivity index (χ1v) is 13.9. The first kappa shape index (κ1) is 27.0. The number of nitrogens with one attached hydrogen (secondary N) is 1. The molecule has 8 nitrogen and oxygen atoms in total. The molecule has 39 heavy (non-hydrogen) atoms. The van der Waals surface area contributed by atoms with Gasteiger partial charge < -0.3 is 24.8 Å². The lowest BCUT2D eigenvalue weighted by Gasteiger charge is -2.38. The minimum atomic E-state index is -0.892. The number of carboxylic acid groups (broad SMARTS) is 1. The van der Waals surface area contributed by atoms with Gasteiger partial charge in [-0.2, -0.15) is 0 Å². The molecule has 0 atom stereocenters. The summed E-state index contributed by atoms with van der Waals surface area (Å²) in [4.78, 5) is 39.5. The maximum atomic E-state index is 13.6. The molecule has 3 aliphatic rings. The topological polar surface area (TPSA) is 105 Å². The molecule has 0 aliphatic heterocycles. The number of benzene rings is 2. The van der Waals surface area contributed by atoms with Gasteiger partial charge in [0, 0.05) is 24.5 Å². The third kappa shape index (κ3) is 5.89. The molecule has 0 bridgehead atoms. The summed E-state index contributed by atoms with van der Waals surface area (Å²) in [5.41, 5.74) is 3.12. The van der Waals surface area contributed by atoms with E-state index in [0.29, 0.717) is 38.5 Å². The molecule has 0 saturated heterocycles. The van der Waals surface area contributed by atoms with Crippen LogP contribution in [0.2, 0.25) is 0 Å². The van der Waals surface area contributed by atoms with Gasteiger partial charge in [0.15, 0.2) is 0 Å². The fraction of sp³-hybridized carbons (Fsp3) is 0.516. The van der Waals surface area contributed by atoms with Crippen LogP contribution in [0.3, 0.4) is 0 Å². The van der Waals surface area contributed by atoms with E-state index in [9.17, 15) is 19.5 Å². The average Bonchev–Trinajstić information content (AvgIpc) is 3.62. The molecule has 0 spiro atoms. The van der Waals surface area contributed by atoms with E-state index in [0.717, 1.165) is 22.3 Å².